The Kier molecular flexibility index (Phi) is 4.49. The summed E-state index contributed by atoms with van der Waals surface area (Å²) in [5.74, 6) is 0.573. The van der Waals surface area contributed by atoms with Gasteiger partial charge in [0.2, 0.25) is 5.95 Å². The summed E-state index contributed by atoms with van der Waals surface area (Å²) in [5, 5.41) is 15.7. The summed E-state index contributed by atoms with van der Waals surface area (Å²) in [6.45, 7) is 5.70. The Hall–Kier alpha value is -4.12. The molecular formula is C21H18N6O2. The first-order valence-corrected chi connectivity index (χ1v) is 8.95. The SMILES string of the molecule is Cc1cnc(Nc2cc(C)c(C#N)c(C)c2)nc1Nc1ccc2oc(=O)[nH]c2c1. The van der Waals surface area contributed by atoms with Crippen LogP contribution in [0.15, 0.2) is 45.7 Å². The van der Waals surface area contributed by atoms with Crippen molar-refractivity contribution in [2.75, 3.05) is 10.6 Å². The highest BCUT2D eigenvalue weighted by Gasteiger charge is 2.09. The zero-order chi connectivity index (χ0) is 20.5. The molecule has 0 aliphatic carbocycles. The number of anilines is 4. The molecule has 8 nitrogen and oxygen atoms in total. The van der Waals surface area contributed by atoms with E-state index in [1.165, 1.54) is 0 Å². The van der Waals surface area contributed by atoms with Gasteiger partial charge < -0.3 is 15.1 Å². The van der Waals surface area contributed by atoms with Crippen LogP contribution < -0.4 is 16.4 Å². The third kappa shape index (κ3) is 3.66. The molecule has 0 amide bonds. The van der Waals surface area contributed by atoms with E-state index in [-0.39, 0.29) is 0 Å². The lowest BCUT2D eigenvalue weighted by atomic mass is 10.0. The van der Waals surface area contributed by atoms with Crippen molar-refractivity contribution >= 4 is 34.2 Å². The highest BCUT2D eigenvalue weighted by atomic mass is 16.4. The molecule has 8 heteroatoms. The molecule has 2 aromatic carbocycles. The molecule has 2 aromatic heterocycles. The van der Waals surface area contributed by atoms with Crippen molar-refractivity contribution in [2.45, 2.75) is 20.8 Å². The fraction of sp³-hybridized carbons (Fsp3) is 0.143. The van der Waals surface area contributed by atoms with Gasteiger partial charge in [-0.15, -0.1) is 0 Å². The molecule has 4 rings (SSSR count). The van der Waals surface area contributed by atoms with Crippen LogP contribution in [-0.4, -0.2) is 15.0 Å². The van der Waals surface area contributed by atoms with Crippen molar-refractivity contribution < 1.29 is 4.42 Å². The van der Waals surface area contributed by atoms with Crippen molar-refractivity contribution in [3.05, 3.63) is 69.3 Å². The number of H-pyrrole nitrogens is 1. The van der Waals surface area contributed by atoms with Crippen molar-refractivity contribution in [3.8, 4) is 6.07 Å². The quantitative estimate of drug-likeness (QED) is 0.481. The molecule has 0 unspecified atom stereocenters. The van der Waals surface area contributed by atoms with Crippen LogP contribution >= 0.6 is 0 Å². The number of oxazole rings is 1. The largest absolute Gasteiger partial charge is 0.417 e. The van der Waals surface area contributed by atoms with Gasteiger partial charge in [-0.05, 0) is 62.2 Å². The Bertz CT molecular complexity index is 1310. The number of nitriles is 1. The van der Waals surface area contributed by atoms with Gasteiger partial charge in [0.1, 0.15) is 5.82 Å². The number of hydrogen-bond donors (Lipinski definition) is 3. The van der Waals surface area contributed by atoms with Gasteiger partial charge in [0.15, 0.2) is 5.58 Å². The first kappa shape index (κ1) is 18.3. The Balaban J connectivity index is 1.62. The summed E-state index contributed by atoms with van der Waals surface area (Å²) in [5.41, 5.74) is 5.99. The summed E-state index contributed by atoms with van der Waals surface area (Å²) in [6, 6.07) is 11.3. The second-order valence-electron chi connectivity index (χ2n) is 6.80. The van der Waals surface area contributed by atoms with E-state index in [4.69, 9.17) is 4.42 Å². The van der Waals surface area contributed by atoms with E-state index in [0.29, 0.717) is 28.4 Å². The van der Waals surface area contributed by atoms with E-state index >= 15 is 0 Å². The molecule has 2 heterocycles. The van der Waals surface area contributed by atoms with Crippen LogP contribution in [0.4, 0.5) is 23.1 Å². The number of aryl methyl sites for hydroxylation is 3. The minimum atomic E-state index is -0.491. The smallest absolute Gasteiger partial charge is 0.408 e. The highest BCUT2D eigenvalue weighted by Crippen LogP contribution is 2.25. The molecule has 0 radical (unpaired) electrons. The number of hydrogen-bond acceptors (Lipinski definition) is 7. The monoisotopic (exact) mass is 386 g/mol. The van der Waals surface area contributed by atoms with Gasteiger partial charge in [0, 0.05) is 23.1 Å². The maximum atomic E-state index is 11.3. The normalized spacial score (nSPS) is 10.7. The van der Waals surface area contributed by atoms with Gasteiger partial charge in [-0.3, -0.25) is 4.98 Å². The van der Waals surface area contributed by atoms with Gasteiger partial charge in [0.05, 0.1) is 17.1 Å². The predicted octanol–water partition coefficient (Wildman–Crippen LogP) is 4.20. The van der Waals surface area contributed by atoms with E-state index in [2.05, 4.69) is 31.7 Å². The predicted molar refractivity (Wildman–Crippen MR) is 111 cm³/mol. The van der Waals surface area contributed by atoms with Crippen LogP contribution in [0.25, 0.3) is 11.1 Å². The minimum absolute atomic E-state index is 0.430. The highest BCUT2D eigenvalue weighted by molar-refractivity contribution is 5.78. The number of nitrogens with zero attached hydrogens (tertiary/aromatic N) is 3. The van der Waals surface area contributed by atoms with Gasteiger partial charge in [0.25, 0.3) is 0 Å². The maximum absolute atomic E-state index is 11.3. The maximum Gasteiger partial charge on any atom is 0.417 e. The molecule has 144 valence electrons. The van der Waals surface area contributed by atoms with E-state index in [9.17, 15) is 10.1 Å². The molecule has 3 N–H and O–H groups in total. The Morgan fingerprint density at radius 3 is 2.52 bits per heavy atom. The first-order chi connectivity index (χ1) is 13.9. The summed E-state index contributed by atoms with van der Waals surface area (Å²) in [6.07, 6.45) is 1.72. The lowest BCUT2D eigenvalue weighted by molar-refractivity contribution is 0.555. The number of aromatic amines is 1. The summed E-state index contributed by atoms with van der Waals surface area (Å²) < 4.78 is 5.02. The van der Waals surface area contributed by atoms with Crippen LogP contribution in [-0.2, 0) is 0 Å². The molecule has 0 fully saturated rings. The van der Waals surface area contributed by atoms with E-state index in [1.807, 2.05) is 32.9 Å². The lowest BCUT2D eigenvalue weighted by Crippen LogP contribution is -2.03. The molecule has 0 saturated carbocycles. The van der Waals surface area contributed by atoms with Crippen molar-refractivity contribution in [1.82, 2.24) is 15.0 Å². The van der Waals surface area contributed by atoms with E-state index in [1.54, 1.807) is 24.4 Å². The molecule has 0 saturated heterocycles. The standard InChI is InChI=1S/C21H18N6O2/c1-11-6-15(7-12(2)16(11)9-22)25-20-23-10-13(3)19(27-20)24-14-4-5-18-17(8-14)26-21(28)29-18/h4-8,10H,1-3H3,(H,26,28)(H2,23,24,25,27). The van der Waals surface area contributed by atoms with E-state index in [0.717, 1.165) is 28.1 Å². The molecule has 0 bridgehead atoms. The van der Waals surface area contributed by atoms with Gasteiger partial charge in [-0.25, -0.2) is 9.78 Å². The van der Waals surface area contributed by atoms with Gasteiger partial charge in [-0.1, -0.05) is 0 Å². The van der Waals surface area contributed by atoms with Crippen LogP contribution in [0, 0.1) is 32.1 Å². The molecule has 0 aliphatic rings. The average Bonchev–Trinajstić information content (AvgIpc) is 3.03. The summed E-state index contributed by atoms with van der Waals surface area (Å²) in [4.78, 5) is 22.9. The number of nitrogens with one attached hydrogen (secondary N) is 3. The van der Waals surface area contributed by atoms with Gasteiger partial charge in [-0.2, -0.15) is 10.2 Å². The fourth-order valence-electron chi connectivity index (χ4n) is 3.14. The van der Waals surface area contributed by atoms with Crippen LogP contribution in [0.1, 0.15) is 22.3 Å². The molecule has 29 heavy (non-hydrogen) atoms. The third-order valence-electron chi connectivity index (χ3n) is 4.55. The van der Waals surface area contributed by atoms with Crippen LogP contribution in [0.2, 0.25) is 0 Å². The summed E-state index contributed by atoms with van der Waals surface area (Å²) >= 11 is 0. The molecule has 4 aromatic rings. The number of rotatable bonds is 4. The lowest BCUT2D eigenvalue weighted by Gasteiger charge is -2.12. The third-order valence-corrected chi connectivity index (χ3v) is 4.55. The average molecular weight is 386 g/mol. The fourth-order valence-corrected chi connectivity index (χ4v) is 3.14. The van der Waals surface area contributed by atoms with Crippen molar-refractivity contribution in [3.63, 3.8) is 0 Å². The first-order valence-electron chi connectivity index (χ1n) is 8.95. The summed E-state index contributed by atoms with van der Waals surface area (Å²) in [7, 11) is 0. The minimum Gasteiger partial charge on any atom is -0.408 e. The molecule has 0 atom stereocenters. The van der Waals surface area contributed by atoms with E-state index < -0.39 is 5.76 Å². The zero-order valence-electron chi connectivity index (χ0n) is 16.1. The van der Waals surface area contributed by atoms with Gasteiger partial charge >= 0.3 is 5.76 Å². The second kappa shape index (κ2) is 7.13. The Labute approximate surface area is 166 Å². The Morgan fingerprint density at radius 2 is 1.79 bits per heavy atom. The number of benzene rings is 2. The Morgan fingerprint density at radius 1 is 1.03 bits per heavy atom. The molecular weight excluding hydrogens is 368 g/mol. The number of aromatic nitrogens is 3. The van der Waals surface area contributed by atoms with Crippen molar-refractivity contribution in [1.29, 1.82) is 5.26 Å². The van der Waals surface area contributed by atoms with Crippen LogP contribution in [0.5, 0.6) is 0 Å². The molecule has 0 spiro atoms. The number of fused-ring (bicyclic) bond motifs is 1. The van der Waals surface area contributed by atoms with Crippen LogP contribution in [0.3, 0.4) is 0 Å². The van der Waals surface area contributed by atoms with Crippen molar-refractivity contribution in [2.24, 2.45) is 0 Å². The topological polar surface area (TPSA) is 120 Å². The second-order valence-corrected chi connectivity index (χ2v) is 6.80. The zero-order valence-corrected chi connectivity index (χ0v) is 16.1. The molecule has 0 aliphatic heterocycles.